The molecule has 1 radical (unpaired) electrons. The first kappa shape index (κ1) is 7.29. The second-order valence-corrected chi connectivity index (χ2v) is 1.80. The van der Waals surface area contributed by atoms with Crippen molar-refractivity contribution >= 4 is 12.0 Å². The molecule has 0 aliphatic heterocycles. The summed E-state index contributed by atoms with van der Waals surface area (Å²) in [5.41, 5.74) is 0.773. The van der Waals surface area contributed by atoms with Crippen LogP contribution in [0.5, 0.6) is 0 Å². The second kappa shape index (κ2) is 4.07. The molecule has 0 aromatic heterocycles. The van der Waals surface area contributed by atoms with Crippen molar-refractivity contribution in [3.05, 3.63) is 30.3 Å². The van der Waals surface area contributed by atoms with Crippen molar-refractivity contribution in [3.63, 3.8) is 0 Å². The molecule has 0 atom stereocenters. The van der Waals surface area contributed by atoms with E-state index in [1.807, 2.05) is 30.3 Å². The maximum Gasteiger partial charge on any atom is 0.183 e. The summed E-state index contributed by atoms with van der Waals surface area (Å²) >= 11 is 0. The van der Waals surface area contributed by atoms with E-state index in [1.165, 1.54) is 0 Å². The van der Waals surface area contributed by atoms with Crippen molar-refractivity contribution in [2.75, 3.05) is 0 Å². The summed E-state index contributed by atoms with van der Waals surface area (Å²) in [6.45, 7) is 0. The van der Waals surface area contributed by atoms with Crippen molar-refractivity contribution in [3.8, 4) is 6.19 Å². The number of benzene rings is 1. The Morgan fingerprint density at radius 3 is 2.64 bits per heavy atom. The topological polar surface area (TPSA) is 48.2 Å². The Morgan fingerprint density at radius 2 is 2.00 bits per heavy atom. The van der Waals surface area contributed by atoms with Crippen LogP contribution in [0, 0.1) is 11.5 Å². The zero-order chi connectivity index (χ0) is 7.94. The van der Waals surface area contributed by atoms with Gasteiger partial charge in [-0.1, -0.05) is 18.2 Å². The van der Waals surface area contributed by atoms with Gasteiger partial charge in [-0.05, 0) is 12.1 Å². The number of hydrogen-bond donors (Lipinski definition) is 1. The van der Waals surface area contributed by atoms with Crippen LogP contribution in [0.2, 0.25) is 0 Å². The van der Waals surface area contributed by atoms with Crippen molar-refractivity contribution in [2.24, 2.45) is 4.99 Å². The van der Waals surface area contributed by atoms with Gasteiger partial charge in [0.2, 0.25) is 0 Å². The summed E-state index contributed by atoms with van der Waals surface area (Å²) in [5.74, 6) is 0. The van der Waals surface area contributed by atoms with Gasteiger partial charge in [-0.15, -0.1) is 0 Å². The van der Waals surface area contributed by atoms with E-state index in [1.54, 1.807) is 6.19 Å². The van der Waals surface area contributed by atoms with Gasteiger partial charge in [-0.3, -0.25) is 5.32 Å². The van der Waals surface area contributed by atoms with Crippen LogP contribution in [0.25, 0.3) is 0 Å². The van der Waals surface area contributed by atoms with E-state index >= 15 is 0 Å². The highest BCUT2D eigenvalue weighted by Crippen LogP contribution is 2.07. The number of rotatable bonds is 2. The van der Waals surface area contributed by atoms with Crippen LogP contribution < -0.4 is 5.32 Å². The number of para-hydroxylation sites is 1. The van der Waals surface area contributed by atoms with Crippen LogP contribution in [0.4, 0.5) is 5.69 Å². The average molecular weight is 144 g/mol. The highest BCUT2D eigenvalue weighted by atomic mass is 14.9. The first-order valence-corrected chi connectivity index (χ1v) is 3.08. The van der Waals surface area contributed by atoms with Crippen molar-refractivity contribution in [1.82, 2.24) is 5.32 Å². The lowest BCUT2D eigenvalue weighted by atomic mass is 10.3. The highest BCUT2D eigenvalue weighted by Gasteiger charge is 1.81. The Balaban J connectivity index is 2.59. The SMILES string of the molecule is N#CN/[C]=N/c1ccccc1. The summed E-state index contributed by atoms with van der Waals surface area (Å²) in [5, 5.41) is 10.2. The van der Waals surface area contributed by atoms with Gasteiger partial charge in [-0.25, -0.2) is 4.99 Å². The molecule has 0 amide bonds. The maximum atomic E-state index is 8.06. The summed E-state index contributed by atoms with van der Waals surface area (Å²) in [6.07, 6.45) is 4.05. The van der Waals surface area contributed by atoms with Crippen LogP contribution in [0.3, 0.4) is 0 Å². The van der Waals surface area contributed by atoms with Crippen molar-refractivity contribution in [2.45, 2.75) is 0 Å². The Kier molecular flexibility index (Phi) is 2.70. The molecule has 0 aliphatic rings. The molecule has 0 heterocycles. The van der Waals surface area contributed by atoms with Gasteiger partial charge in [0.25, 0.3) is 0 Å². The fraction of sp³-hybridized carbons (Fsp3) is 0. The first-order valence-electron chi connectivity index (χ1n) is 3.08. The second-order valence-electron chi connectivity index (χ2n) is 1.80. The lowest BCUT2D eigenvalue weighted by Crippen LogP contribution is -1.98. The van der Waals surface area contributed by atoms with Crippen LogP contribution in [-0.4, -0.2) is 6.34 Å². The van der Waals surface area contributed by atoms with E-state index < -0.39 is 0 Å². The predicted octanol–water partition coefficient (Wildman–Crippen LogP) is 1.29. The molecule has 11 heavy (non-hydrogen) atoms. The fourth-order valence-corrected chi connectivity index (χ4v) is 0.620. The molecule has 3 nitrogen and oxygen atoms in total. The van der Waals surface area contributed by atoms with E-state index in [4.69, 9.17) is 5.26 Å². The third-order valence-electron chi connectivity index (χ3n) is 1.05. The van der Waals surface area contributed by atoms with Crippen LogP contribution in [0.15, 0.2) is 35.3 Å². The summed E-state index contributed by atoms with van der Waals surface area (Å²) in [4.78, 5) is 3.81. The Labute approximate surface area is 65.0 Å². The summed E-state index contributed by atoms with van der Waals surface area (Å²) in [7, 11) is 0. The molecule has 1 aromatic carbocycles. The van der Waals surface area contributed by atoms with Gasteiger partial charge in [0.1, 0.15) is 0 Å². The summed E-state index contributed by atoms with van der Waals surface area (Å²) in [6, 6.07) is 9.29. The Bertz CT molecular complexity index is 271. The molecule has 0 saturated heterocycles. The molecule has 1 aromatic rings. The number of nitrogens with zero attached hydrogens (tertiary/aromatic N) is 2. The quantitative estimate of drug-likeness (QED) is 0.294. The van der Waals surface area contributed by atoms with Crippen LogP contribution in [0.1, 0.15) is 0 Å². The largest absolute Gasteiger partial charge is 0.274 e. The molecule has 0 unspecified atom stereocenters. The molecule has 0 saturated carbocycles. The minimum Gasteiger partial charge on any atom is -0.274 e. The van der Waals surface area contributed by atoms with Gasteiger partial charge >= 0.3 is 0 Å². The monoisotopic (exact) mass is 144 g/mol. The number of nitriles is 1. The van der Waals surface area contributed by atoms with E-state index in [-0.39, 0.29) is 0 Å². The van der Waals surface area contributed by atoms with Gasteiger partial charge in [0.15, 0.2) is 12.5 Å². The molecular formula is C8H6N3. The minimum absolute atomic E-state index is 0.773. The molecular weight excluding hydrogens is 138 g/mol. The van der Waals surface area contributed by atoms with E-state index in [9.17, 15) is 0 Å². The zero-order valence-electron chi connectivity index (χ0n) is 5.78. The van der Waals surface area contributed by atoms with Crippen molar-refractivity contribution in [1.29, 1.82) is 5.26 Å². The van der Waals surface area contributed by atoms with Gasteiger partial charge in [-0.2, -0.15) is 5.26 Å². The molecule has 53 valence electrons. The molecule has 3 heteroatoms. The molecule has 1 N–H and O–H groups in total. The maximum absolute atomic E-state index is 8.06. The van der Waals surface area contributed by atoms with E-state index in [0.717, 1.165) is 5.69 Å². The van der Waals surface area contributed by atoms with E-state index in [2.05, 4.69) is 16.6 Å². The smallest absolute Gasteiger partial charge is 0.183 e. The average Bonchev–Trinajstić information content (AvgIpc) is 2.07. The molecule has 0 fully saturated rings. The fourth-order valence-electron chi connectivity index (χ4n) is 0.620. The van der Waals surface area contributed by atoms with E-state index in [0.29, 0.717) is 0 Å². The normalized spacial score (nSPS) is 9.36. The first-order chi connectivity index (χ1) is 5.43. The third-order valence-corrected chi connectivity index (χ3v) is 1.05. The number of hydrogen-bond acceptors (Lipinski definition) is 2. The van der Waals surface area contributed by atoms with Crippen LogP contribution >= 0.6 is 0 Å². The molecule has 0 spiro atoms. The lowest BCUT2D eigenvalue weighted by Gasteiger charge is -1.87. The highest BCUT2D eigenvalue weighted by molar-refractivity contribution is 5.62. The molecule has 0 bridgehead atoms. The lowest BCUT2D eigenvalue weighted by molar-refractivity contribution is 1.29. The number of aliphatic imine (C=N–C) groups is 1. The molecule has 1 rings (SSSR count). The standard InChI is InChI=1S/C8H6N3/c9-6-10-7-11-8-4-2-1-3-5-8/h1-5H,(H,10,11). The number of nitrogens with one attached hydrogen (secondary N) is 1. The molecule has 0 aliphatic carbocycles. The predicted molar refractivity (Wildman–Crippen MR) is 42.3 cm³/mol. The Morgan fingerprint density at radius 1 is 1.27 bits per heavy atom. The van der Waals surface area contributed by atoms with Gasteiger partial charge in [0, 0.05) is 0 Å². The van der Waals surface area contributed by atoms with Gasteiger partial charge in [0.05, 0.1) is 5.69 Å². The van der Waals surface area contributed by atoms with Crippen molar-refractivity contribution < 1.29 is 0 Å². The zero-order valence-corrected chi connectivity index (χ0v) is 5.78. The van der Waals surface area contributed by atoms with Crippen LogP contribution in [-0.2, 0) is 0 Å². The minimum atomic E-state index is 0.773. The van der Waals surface area contributed by atoms with Gasteiger partial charge < -0.3 is 0 Å². The summed E-state index contributed by atoms with van der Waals surface area (Å²) < 4.78 is 0. The Hall–Kier alpha value is -1.82. The third kappa shape index (κ3) is 2.50.